The molecule has 3 fully saturated rings. The van der Waals surface area contributed by atoms with Crippen molar-refractivity contribution in [3.8, 4) is 0 Å². The first kappa shape index (κ1) is 16.7. The van der Waals surface area contributed by atoms with Gasteiger partial charge in [-0.15, -0.1) is 0 Å². The van der Waals surface area contributed by atoms with E-state index in [0.717, 1.165) is 38.3 Å². The molecule has 0 bridgehead atoms. The van der Waals surface area contributed by atoms with Crippen LogP contribution in [0.3, 0.4) is 0 Å². The fraction of sp³-hybridized carbons (Fsp3) is 0.889. The molecule has 2 heterocycles. The predicted octanol–water partition coefficient (Wildman–Crippen LogP) is 1.53. The second kappa shape index (κ2) is 7.20. The van der Waals surface area contributed by atoms with Gasteiger partial charge in [0.1, 0.15) is 0 Å². The van der Waals surface area contributed by atoms with E-state index in [-0.39, 0.29) is 23.8 Å². The number of nitrogens with zero attached hydrogens (tertiary/aromatic N) is 1. The molecule has 0 spiro atoms. The highest BCUT2D eigenvalue weighted by atomic mass is 16.2. The van der Waals surface area contributed by atoms with Crippen LogP contribution in [0.15, 0.2) is 0 Å². The third-order valence-electron chi connectivity index (χ3n) is 6.11. The minimum Gasteiger partial charge on any atom is -0.352 e. The van der Waals surface area contributed by atoms with E-state index in [9.17, 15) is 9.59 Å². The van der Waals surface area contributed by atoms with Crippen LogP contribution >= 0.6 is 0 Å². The summed E-state index contributed by atoms with van der Waals surface area (Å²) in [4.78, 5) is 26.9. The molecule has 5 heteroatoms. The molecule has 2 N–H and O–H groups in total. The van der Waals surface area contributed by atoms with E-state index in [1.807, 2.05) is 4.90 Å². The molecule has 130 valence electrons. The minimum absolute atomic E-state index is 0.0746. The molecule has 3 rings (SSSR count). The molecule has 5 nitrogen and oxygen atoms in total. The molecule has 3 aliphatic rings. The van der Waals surface area contributed by atoms with Gasteiger partial charge in [0.2, 0.25) is 11.8 Å². The monoisotopic (exact) mass is 321 g/mol. The van der Waals surface area contributed by atoms with E-state index in [4.69, 9.17) is 0 Å². The number of hydrogen-bond acceptors (Lipinski definition) is 3. The van der Waals surface area contributed by atoms with Crippen LogP contribution in [-0.2, 0) is 9.59 Å². The Hall–Kier alpha value is -1.10. The van der Waals surface area contributed by atoms with Gasteiger partial charge < -0.3 is 15.5 Å². The van der Waals surface area contributed by atoms with Crippen LogP contribution in [0.4, 0.5) is 0 Å². The molecular weight excluding hydrogens is 290 g/mol. The molecule has 2 amide bonds. The average molecular weight is 321 g/mol. The SMILES string of the molecule is CC1CCC(N2CC(C(=O)NC3CNCCC3C)CC2=O)CC1. The summed E-state index contributed by atoms with van der Waals surface area (Å²) in [5, 5.41) is 6.52. The predicted molar refractivity (Wildman–Crippen MR) is 89.8 cm³/mol. The van der Waals surface area contributed by atoms with E-state index in [1.54, 1.807) is 0 Å². The van der Waals surface area contributed by atoms with Crippen LogP contribution in [0, 0.1) is 17.8 Å². The molecule has 3 atom stereocenters. The third kappa shape index (κ3) is 3.87. The van der Waals surface area contributed by atoms with Gasteiger partial charge in [0.15, 0.2) is 0 Å². The number of rotatable bonds is 3. The van der Waals surface area contributed by atoms with Gasteiger partial charge in [-0.25, -0.2) is 0 Å². The lowest BCUT2D eigenvalue weighted by Gasteiger charge is -2.34. The largest absolute Gasteiger partial charge is 0.352 e. The number of nitrogens with one attached hydrogen (secondary N) is 2. The molecule has 23 heavy (non-hydrogen) atoms. The van der Waals surface area contributed by atoms with Gasteiger partial charge in [0.25, 0.3) is 0 Å². The van der Waals surface area contributed by atoms with Crippen LogP contribution in [0.25, 0.3) is 0 Å². The molecule has 1 saturated carbocycles. The first-order valence-corrected chi connectivity index (χ1v) is 9.35. The minimum atomic E-state index is -0.157. The summed E-state index contributed by atoms with van der Waals surface area (Å²) in [6.07, 6.45) is 6.11. The molecule has 0 aromatic rings. The smallest absolute Gasteiger partial charge is 0.225 e. The van der Waals surface area contributed by atoms with Crippen molar-refractivity contribution in [3.63, 3.8) is 0 Å². The fourth-order valence-corrected chi connectivity index (χ4v) is 4.30. The highest BCUT2D eigenvalue weighted by molar-refractivity contribution is 5.89. The normalized spacial score (nSPS) is 38.6. The van der Waals surface area contributed by atoms with Gasteiger partial charge in [0, 0.05) is 31.6 Å². The van der Waals surface area contributed by atoms with Crippen LogP contribution in [0.5, 0.6) is 0 Å². The maximum absolute atomic E-state index is 12.6. The Balaban J connectivity index is 1.53. The Bertz CT molecular complexity index is 446. The Morgan fingerprint density at radius 1 is 1.17 bits per heavy atom. The Labute approximate surface area is 139 Å². The molecule has 3 unspecified atom stereocenters. The van der Waals surface area contributed by atoms with Gasteiger partial charge in [-0.2, -0.15) is 0 Å². The van der Waals surface area contributed by atoms with E-state index in [1.165, 1.54) is 12.8 Å². The van der Waals surface area contributed by atoms with Gasteiger partial charge >= 0.3 is 0 Å². The van der Waals surface area contributed by atoms with Gasteiger partial charge in [-0.3, -0.25) is 9.59 Å². The standard InChI is InChI=1S/C18H31N3O2/c1-12-3-5-15(6-4-12)21-11-14(9-17(21)22)18(23)20-16-10-19-8-7-13(16)2/h12-16,19H,3-11H2,1-2H3,(H,20,23). The van der Waals surface area contributed by atoms with E-state index < -0.39 is 0 Å². The molecule has 0 aromatic heterocycles. The number of carbonyl (C=O) groups is 2. The van der Waals surface area contributed by atoms with Crippen molar-refractivity contribution in [2.75, 3.05) is 19.6 Å². The summed E-state index contributed by atoms with van der Waals surface area (Å²) in [6.45, 7) is 6.98. The summed E-state index contributed by atoms with van der Waals surface area (Å²) in [6, 6.07) is 0.572. The lowest BCUT2D eigenvalue weighted by atomic mass is 9.86. The summed E-state index contributed by atoms with van der Waals surface area (Å²) < 4.78 is 0. The summed E-state index contributed by atoms with van der Waals surface area (Å²) in [5.74, 6) is 1.39. The van der Waals surface area contributed by atoms with Crippen LogP contribution in [0.2, 0.25) is 0 Å². The van der Waals surface area contributed by atoms with E-state index in [2.05, 4.69) is 24.5 Å². The van der Waals surface area contributed by atoms with Crippen molar-refractivity contribution >= 4 is 11.8 Å². The molecule has 1 aliphatic carbocycles. The van der Waals surface area contributed by atoms with Crippen molar-refractivity contribution in [1.29, 1.82) is 0 Å². The lowest BCUT2D eigenvalue weighted by molar-refractivity contribution is -0.131. The first-order chi connectivity index (χ1) is 11.0. The lowest BCUT2D eigenvalue weighted by Crippen LogP contribution is -2.51. The second-order valence-electron chi connectivity index (χ2n) is 7.95. The van der Waals surface area contributed by atoms with Gasteiger partial charge in [0.05, 0.1) is 5.92 Å². The van der Waals surface area contributed by atoms with Crippen molar-refractivity contribution < 1.29 is 9.59 Å². The number of piperidine rings is 1. The first-order valence-electron chi connectivity index (χ1n) is 9.35. The molecule has 2 saturated heterocycles. The molecular formula is C18H31N3O2. The van der Waals surface area contributed by atoms with Crippen molar-refractivity contribution in [2.45, 2.75) is 64.5 Å². The highest BCUT2D eigenvalue weighted by Crippen LogP contribution is 2.31. The quantitative estimate of drug-likeness (QED) is 0.829. The summed E-state index contributed by atoms with van der Waals surface area (Å²) in [5.41, 5.74) is 0. The summed E-state index contributed by atoms with van der Waals surface area (Å²) >= 11 is 0. The zero-order valence-electron chi connectivity index (χ0n) is 14.5. The maximum Gasteiger partial charge on any atom is 0.225 e. The molecule has 0 radical (unpaired) electrons. The molecule has 0 aromatic carbocycles. The van der Waals surface area contributed by atoms with Crippen molar-refractivity contribution in [3.05, 3.63) is 0 Å². The number of hydrogen-bond donors (Lipinski definition) is 2. The number of likely N-dealkylation sites (tertiary alicyclic amines) is 1. The summed E-state index contributed by atoms with van der Waals surface area (Å²) in [7, 11) is 0. The number of amides is 2. The van der Waals surface area contributed by atoms with Crippen molar-refractivity contribution in [1.82, 2.24) is 15.5 Å². The van der Waals surface area contributed by atoms with Crippen LogP contribution < -0.4 is 10.6 Å². The van der Waals surface area contributed by atoms with Crippen LogP contribution in [0.1, 0.15) is 52.4 Å². The fourth-order valence-electron chi connectivity index (χ4n) is 4.30. The van der Waals surface area contributed by atoms with Crippen molar-refractivity contribution in [2.24, 2.45) is 17.8 Å². The van der Waals surface area contributed by atoms with Gasteiger partial charge in [-0.1, -0.05) is 13.8 Å². The second-order valence-corrected chi connectivity index (χ2v) is 7.95. The zero-order valence-corrected chi connectivity index (χ0v) is 14.5. The topological polar surface area (TPSA) is 61.4 Å². The Morgan fingerprint density at radius 2 is 1.91 bits per heavy atom. The van der Waals surface area contributed by atoms with Gasteiger partial charge in [-0.05, 0) is 50.5 Å². The Morgan fingerprint density at radius 3 is 2.61 bits per heavy atom. The highest BCUT2D eigenvalue weighted by Gasteiger charge is 2.39. The third-order valence-corrected chi connectivity index (χ3v) is 6.11. The van der Waals surface area contributed by atoms with E-state index in [0.29, 0.717) is 24.9 Å². The maximum atomic E-state index is 12.6. The van der Waals surface area contributed by atoms with E-state index >= 15 is 0 Å². The Kier molecular flexibility index (Phi) is 5.24. The zero-order chi connectivity index (χ0) is 16.4. The average Bonchev–Trinajstić information content (AvgIpc) is 2.92. The number of carbonyl (C=O) groups excluding carboxylic acids is 2. The van der Waals surface area contributed by atoms with Crippen LogP contribution in [-0.4, -0.2) is 48.4 Å². The molecule has 2 aliphatic heterocycles.